The first-order valence-electron chi connectivity index (χ1n) is 5.55. The van der Waals surface area contributed by atoms with Crippen LogP contribution in [0.1, 0.15) is 47.2 Å². The zero-order valence-electron chi connectivity index (χ0n) is 9.71. The van der Waals surface area contributed by atoms with Gasteiger partial charge in [-0.05, 0) is 18.9 Å². The number of ether oxygens (including phenoxy) is 1. The Morgan fingerprint density at radius 2 is 2.12 bits per heavy atom. The van der Waals surface area contributed by atoms with Gasteiger partial charge in [0.25, 0.3) is 0 Å². The first-order chi connectivity index (χ1) is 7.57. The molecule has 0 radical (unpaired) electrons. The van der Waals surface area contributed by atoms with E-state index in [9.17, 15) is 4.79 Å². The van der Waals surface area contributed by atoms with Crippen molar-refractivity contribution < 1.29 is 9.53 Å². The number of hydrogen-bond acceptors (Lipinski definition) is 4. The quantitative estimate of drug-likeness (QED) is 0.807. The third kappa shape index (κ3) is 1.82. The van der Waals surface area contributed by atoms with Crippen molar-refractivity contribution in [1.82, 2.24) is 0 Å². The van der Waals surface area contributed by atoms with Crippen LogP contribution < -0.4 is 5.73 Å². The van der Waals surface area contributed by atoms with Crippen LogP contribution in [0.25, 0.3) is 0 Å². The molecule has 1 aliphatic rings. The van der Waals surface area contributed by atoms with Crippen molar-refractivity contribution in [3.63, 3.8) is 0 Å². The molecule has 2 N–H and O–H groups in total. The van der Waals surface area contributed by atoms with Gasteiger partial charge in [-0.2, -0.15) is 0 Å². The molecule has 0 bridgehead atoms. The van der Waals surface area contributed by atoms with Gasteiger partial charge in [-0.3, -0.25) is 0 Å². The molecule has 2 rings (SSSR count). The first kappa shape index (κ1) is 11.5. The van der Waals surface area contributed by atoms with E-state index in [2.05, 4.69) is 6.92 Å². The van der Waals surface area contributed by atoms with Crippen LogP contribution in [0.4, 0.5) is 5.69 Å². The molecule has 0 unspecified atom stereocenters. The molecule has 1 aromatic rings. The first-order valence-corrected chi connectivity index (χ1v) is 6.36. The molecule has 0 atom stereocenters. The fourth-order valence-electron chi connectivity index (χ4n) is 2.36. The molecule has 0 saturated heterocycles. The van der Waals surface area contributed by atoms with Gasteiger partial charge in [-0.15, -0.1) is 11.3 Å². The van der Waals surface area contributed by atoms with Gasteiger partial charge >= 0.3 is 5.97 Å². The predicted molar refractivity (Wildman–Crippen MR) is 65.9 cm³/mol. The van der Waals surface area contributed by atoms with E-state index in [-0.39, 0.29) is 11.4 Å². The molecule has 3 nitrogen and oxygen atoms in total. The summed E-state index contributed by atoms with van der Waals surface area (Å²) in [5, 5.41) is 0. The summed E-state index contributed by atoms with van der Waals surface area (Å²) >= 11 is 1.49. The van der Waals surface area contributed by atoms with Crippen LogP contribution in [0, 0.1) is 0 Å². The summed E-state index contributed by atoms with van der Waals surface area (Å²) in [6.45, 7) is 2.26. The van der Waals surface area contributed by atoms with Crippen molar-refractivity contribution in [1.29, 1.82) is 0 Å². The summed E-state index contributed by atoms with van der Waals surface area (Å²) in [5.41, 5.74) is 6.62. The minimum atomic E-state index is -0.324. The van der Waals surface area contributed by atoms with E-state index in [0.717, 1.165) is 0 Å². The van der Waals surface area contributed by atoms with Crippen LogP contribution >= 0.6 is 11.3 Å². The molecule has 1 saturated carbocycles. The third-order valence-corrected chi connectivity index (χ3v) is 4.87. The fourth-order valence-corrected chi connectivity index (χ4v) is 3.56. The molecule has 88 valence electrons. The molecular weight excluding hydrogens is 222 g/mol. The van der Waals surface area contributed by atoms with Crippen LogP contribution in [0.2, 0.25) is 0 Å². The van der Waals surface area contributed by atoms with Gasteiger partial charge in [-0.1, -0.05) is 19.8 Å². The molecule has 1 heterocycles. The zero-order valence-corrected chi connectivity index (χ0v) is 10.5. The molecule has 1 aromatic heterocycles. The summed E-state index contributed by atoms with van der Waals surface area (Å²) < 4.78 is 4.72. The Hall–Kier alpha value is -1.03. The topological polar surface area (TPSA) is 52.3 Å². The SMILES string of the molecule is COC(=O)c1sc(C2(C)CCCC2)cc1N. The largest absolute Gasteiger partial charge is 0.465 e. The van der Waals surface area contributed by atoms with E-state index in [1.54, 1.807) is 0 Å². The average molecular weight is 239 g/mol. The number of nitrogens with two attached hydrogens (primary N) is 1. The number of nitrogen functional groups attached to an aromatic ring is 1. The Balaban J connectivity index is 2.33. The summed E-state index contributed by atoms with van der Waals surface area (Å²) in [6.07, 6.45) is 4.91. The molecule has 0 spiro atoms. The van der Waals surface area contributed by atoms with Gasteiger partial charge in [0.15, 0.2) is 0 Å². The fraction of sp³-hybridized carbons (Fsp3) is 0.583. The monoisotopic (exact) mass is 239 g/mol. The van der Waals surface area contributed by atoms with Gasteiger partial charge in [0.2, 0.25) is 0 Å². The number of methoxy groups -OCH3 is 1. The number of carbonyl (C=O) groups excluding carboxylic acids is 1. The number of carbonyl (C=O) groups is 1. The van der Waals surface area contributed by atoms with Crippen LogP contribution in [0.3, 0.4) is 0 Å². The number of anilines is 1. The molecule has 4 heteroatoms. The summed E-state index contributed by atoms with van der Waals surface area (Å²) in [4.78, 5) is 13.2. The lowest BCUT2D eigenvalue weighted by Gasteiger charge is -2.21. The average Bonchev–Trinajstić information content (AvgIpc) is 2.85. The molecule has 0 aromatic carbocycles. The highest BCUT2D eigenvalue weighted by molar-refractivity contribution is 7.14. The van der Waals surface area contributed by atoms with E-state index < -0.39 is 0 Å². The maximum absolute atomic E-state index is 11.5. The second-order valence-electron chi connectivity index (χ2n) is 4.65. The van der Waals surface area contributed by atoms with Gasteiger partial charge in [0.1, 0.15) is 4.88 Å². The summed E-state index contributed by atoms with van der Waals surface area (Å²) in [7, 11) is 1.39. The smallest absolute Gasteiger partial charge is 0.350 e. The number of thiophene rings is 1. The Kier molecular flexibility index (Phi) is 2.93. The Morgan fingerprint density at radius 3 is 2.69 bits per heavy atom. The summed E-state index contributed by atoms with van der Waals surface area (Å²) in [6, 6.07) is 1.95. The molecule has 1 fully saturated rings. The second-order valence-corrected chi connectivity index (χ2v) is 5.71. The number of rotatable bonds is 2. The summed E-state index contributed by atoms with van der Waals surface area (Å²) in [5.74, 6) is -0.324. The van der Waals surface area contributed by atoms with Gasteiger partial charge < -0.3 is 10.5 Å². The van der Waals surface area contributed by atoms with Crippen LogP contribution in [-0.4, -0.2) is 13.1 Å². The van der Waals surface area contributed by atoms with E-state index in [1.807, 2.05) is 6.07 Å². The highest BCUT2D eigenvalue weighted by Gasteiger charge is 2.33. The van der Waals surface area contributed by atoms with Crippen LogP contribution in [-0.2, 0) is 10.2 Å². The van der Waals surface area contributed by atoms with E-state index in [0.29, 0.717) is 10.6 Å². The van der Waals surface area contributed by atoms with E-state index >= 15 is 0 Å². The highest BCUT2D eigenvalue weighted by atomic mass is 32.1. The van der Waals surface area contributed by atoms with Gasteiger partial charge in [-0.25, -0.2) is 4.79 Å². The van der Waals surface area contributed by atoms with Crippen molar-refractivity contribution >= 4 is 23.0 Å². The van der Waals surface area contributed by atoms with Crippen molar-refractivity contribution in [2.45, 2.75) is 38.0 Å². The van der Waals surface area contributed by atoms with Crippen molar-refractivity contribution in [2.24, 2.45) is 0 Å². The maximum Gasteiger partial charge on any atom is 0.350 e. The molecule has 16 heavy (non-hydrogen) atoms. The number of hydrogen-bond donors (Lipinski definition) is 1. The van der Waals surface area contributed by atoms with Crippen LogP contribution in [0.15, 0.2) is 6.07 Å². The van der Waals surface area contributed by atoms with Crippen molar-refractivity contribution in [3.8, 4) is 0 Å². The third-order valence-electron chi connectivity index (χ3n) is 3.43. The number of esters is 1. The van der Waals surface area contributed by atoms with E-state index in [1.165, 1.54) is 49.0 Å². The van der Waals surface area contributed by atoms with Crippen molar-refractivity contribution in [2.75, 3.05) is 12.8 Å². The highest BCUT2D eigenvalue weighted by Crippen LogP contribution is 2.45. The van der Waals surface area contributed by atoms with Crippen LogP contribution in [0.5, 0.6) is 0 Å². The molecular formula is C12H17NO2S. The second kappa shape index (κ2) is 4.09. The Bertz CT molecular complexity index is 405. The molecule has 1 aliphatic carbocycles. The lowest BCUT2D eigenvalue weighted by atomic mass is 9.87. The molecule has 0 amide bonds. The lowest BCUT2D eigenvalue weighted by molar-refractivity contribution is 0.0607. The predicted octanol–water partition coefficient (Wildman–Crippen LogP) is 2.95. The standard InChI is InChI=1S/C12H17NO2S/c1-12(5-3-4-6-12)9-7-8(13)10(16-9)11(14)15-2/h7H,3-6,13H2,1-2H3. The zero-order chi connectivity index (χ0) is 11.8. The van der Waals surface area contributed by atoms with Gasteiger partial charge in [0.05, 0.1) is 12.8 Å². The molecule has 0 aliphatic heterocycles. The minimum absolute atomic E-state index is 0.213. The Labute approximate surface area is 99.6 Å². The van der Waals surface area contributed by atoms with Gasteiger partial charge in [0, 0.05) is 10.3 Å². The maximum atomic E-state index is 11.5. The normalized spacial score (nSPS) is 18.6. The Morgan fingerprint density at radius 1 is 1.50 bits per heavy atom. The lowest BCUT2D eigenvalue weighted by Crippen LogP contribution is -2.14. The van der Waals surface area contributed by atoms with Crippen molar-refractivity contribution in [3.05, 3.63) is 15.8 Å². The minimum Gasteiger partial charge on any atom is -0.465 e. The van der Waals surface area contributed by atoms with E-state index in [4.69, 9.17) is 10.5 Å².